The van der Waals surface area contributed by atoms with E-state index in [2.05, 4.69) is 20.7 Å². The molecule has 0 atom stereocenters. The van der Waals surface area contributed by atoms with Crippen molar-refractivity contribution in [1.82, 2.24) is 0 Å². The van der Waals surface area contributed by atoms with Crippen molar-refractivity contribution in [1.29, 1.82) is 0 Å². The molecular weight excluding hydrogens is 336 g/mol. The Morgan fingerprint density at radius 2 is 1.95 bits per heavy atom. The molecule has 0 aliphatic rings. The standard InChI is InChI=1S/C16H15BrO4/c1-10-8-12(21-9-11-6-4-3-5-7-11)14(17)15(18)13(10)16(19)20-2/h3-8,18H,9H2,1-2H3. The fraction of sp³-hybridized carbons (Fsp3) is 0.188. The van der Waals surface area contributed by atoms with Gasteiger partial charge >= 0.3 is 5.97 Å². The lowest BCUT2D eigenvalue weighted by molar-refractivity contribution is 0.0596. The normalized spacial score (nSPS) is 10.2. The first-order valence-electron chi connectivity index (χ1n) is 6.31. The van der Waals surface area contributed by atoms with E-state index >= 15 is 0 Å². The molecule has 0 heterocycles. The van der Waals surface area contributed by atoms with E-state index in [-0.39, 0.29) is 11.3 Å². The largest absolute Gasteiger partial charge is 0.506 e. The highest BCUT2D eigenvalue weighted by Crippen LogP contribution is 2.39. The van der Waals surface area contributed by atoms with Gasteiger partial charge in [-0.1, -0.05) is 30.3 Å². The van der Waals surface area contributed by atoms with Gasteiger partial charge in [-0.25, -0.2) is 4.79 Å². The maximum absolute atomic E-state index is 11.7. The average Bonchev–Trinajstić information content (AvgIpc) is 2.50. The predicted molar refractivity (Wildman–Crippen MR) is 82.7 cm³/mol. The lowest BCUT2D eigenvalue weighted by Gasteiger charge is -2.14. The first-order chi connectivity index (χ1) is 10.0. The van der Waals surface area contributed by atoms with Crippen LogP contribution >= 0.6 is 15.9 Å². The second-order valence-corrected chi connectivity index (χ2v) is 5.29. The number of carbonyl (C=O) groups is 1. The lowest BCUT2D eigenvalue weighted by Crippen LogP contribution is -2.06. The van der Waals surface area contributed by atoms with E-state index < -0.39 is 5.97 Å². The van der Waals surface area contributed by atoms with Crippen LogP contribution in [-0.2, 0) is 11.3 Å². The van der Waals surface area contributed by atoms with Crippen LogP contribution in [0, 0.1) is 6.92 Å². The molecule has 0 spiro atoms. The summed E-state index contributed by atoms with van der Waals surface area (Å²) < 4.78 is 10.7. The van der Waals surface area contributed by atoms with Crippen LogP contribution in [0.5, 0.6) is 11.5 Å². The molecule has 0 fully saturated rings. The number of hydrogen-bond donors (Lipinski definition) is 1. The maximum atomic E-state index is 11.7. The summed E-state index contributed by atoms with van der Waals surface area (Å²) in [6.07, 6.45) is 0. The molecule has 0 aromatic heterocycles. The van der Waals surface area contributed by atoms with Crippen LogP contribution in [-0.4, -0.2) is 18.2 Å². The lowest BCUT2D eigenvalue weighted by atomic mass is 10.1. The second kappa shape index (κ2) is 6.63. The Balaban J connectivity index is 2.28. The zero-order chi connectivity index (χ0) is 15.4. The molecule has 2 aromatic rings. The number of halogens is 1. The molecular formula is C16H15BrO4. The van der Waals surface area contributed by atoms with Crippen LogP contribution < -0.4 is 4.74 Å². The second-order valence-electron chi connectivity index (χ2n) is 4.50. The zero-order valence-electron chi connectivity index (χ0n) is 11.7. The third-order valence-corrected chi connectivity index (χ3v) is 3.80. The maximum Gasteiger partial charge on any atom is 0.341 e. The van der Waals surface area contributed by atoms with Crippen molar-refractivity contribution in [2.45, 2.75) is 13.5 Å². The number of hydrogen-bond acceptors (Lipinski definition) is 4. The first kappa shape index (κ1) is 15.4. The quantitative estimate of drug-likeness (QED) is 0.851. The van der Waals surface area contributed by atoms with E-state index in [9.17, 15) is 9.90 Å². The minimum atomic E-state index is -0.583. The number of aromatic hydroxyl groups is 1. The Hall–Kier alpha value is -2.01. The third-order valence-electron chi connectivity index (χ3n) is 3.03. The predicted octanol–water partition coefficient (Wildman–Crippen LogP) is 3.83. The molecule has 0 unspecified atom stereocenters. The monoisotopic (exact) mass is 350 g/mol. The van der Waals surface area contributed by atoms with Crippen LogP contribution in [0.1, 0.15) is 21.5 Å². The number of rotatable bonds is 4. The minimum Gasteiger partial charge on any atom is -0.506 e. The smallest absolute Gasteiger partial charge is 0.341 e. The van der Waals surface area contributed by atoms with Gasteiger partial charge in [0, 0.05) is 0 Å². The van der Waals surface area contributed by atoms with Gasteiger partial charge in [-0.05, 0) is 40.0 Å². The molecule has 0 aliphatic carbocycles. The Morgan fingerprint density at radius 3 is 2.57 bits per heavy atom. The number of ether oxygens (including phenoxy) is 2. The van der Waals surface area contributed by atoms with Crippen LogP contribution in [0.25, 0.3) is 0 Å². The molecule has 0 saturated carbocycles. The number of aryl methyl sites for hydroxylation is 1. The van der Waals surface area contributed by atoms with Crippen molar-refractivity contribution in [3.63, 3.8) is 0 Å². The molecule has 4 nitrogen and oxygen atoms in total. The Labute approximate surface area is 131 Å². The zero-order valence-corrected chi connectivity index (χ0v) is 13.3. The molecule has 110 valence electrons. The van der Waals surface area contributed by atoms with Gasteiger partial charge in [-0.2, -0.15) is 0 Å². The Morgan fingerprint density at radius 1 is 1.29 bits per heavy atom. The Kier molecular flexibility index (Phi) is 4.85. The number of methoxy groups -OCH3 is 1. The number of benzene rings is 2. The minimum absolute atomic E-state index is 0.136. The molecule has 5 heteroatoms. The average molecular weight is 351 g/mol. The first-order valence-corrected chi connectivity index (χ1v) is 7.11. The van der Waals surface area contributed by atoms with Gasteiger partial charge in [-0.3, -0.25) is 0 Å². The summed E-state index contributed by atoms with van der Waals surface area (Å²) in [5.74, 6) is -0.285. The van der Waals surface area contributed by atoms with Gasteiger partial charge in [0.05, 0.1) is 7.11 Å². The fourth-order valence-electron chi connectivity index (χ4n) is 1.95. The van der Waals surface area contributed by atoms with Crippen molar-refractivity contribution >= 4 is 21.9 Å². The molecule has 21 heavy (non-hydrogen) atoms. The third kappa shape index (κ3) is 3.36. The van der Waals surface area contributed by atoms with Crippen LogP contribution in [0.2, 0.25) is 0 Å². The summed E-state index contributed by atoms with van der Waals surface area (Å²) in [7, 11) is 1.27. The van der Waals surface area contributed by atoms with Gasteiger partial charge in [-0.15, -0.1) is 0 Å². The van der Waals surface area contributed by atoms with Crippen molar-refractivity contribution < 1.29 is 19.4 Å². The van der Waals surface area contributed by atoms with Gasteiger partial charge in [0.15, 0.2) is 0 Å². The molecule has 0 amide bonds. The summed E-state index contributed by atoms with van der Waals surface area (Å²) in [6.45, 7) is 2.09. The molecule has 2 aromatic carbocycles. The van der Waals surface area contributed by atoms with E-state index in [1.807, 2.05) is 30.3 Å². The van der Waals surface area contributed by atoms with E-state index in [0.29, 0.717) is 22.4 Å². The Bertz CT molecular complexity index is 653. The van der Waals surface area contributed by atoms with Crippen molar-refractivity contribution in [3.8, 4) is 11.5 Å². The molecule has 0 radical (unpaired) electrons. The summed E-state index contributed by atoms with van der Waals surface area (Å²) in [5, 5.41) is 10.1. The van der Waals surface area contributed by atoms with E-state index in [0.717, 1.165) is 5.56 Å². The van der Waals surface area contributed by atoms with Crippen molar-refractivity contribution in [2.75, 3.05) is 7.11 Å². The fourth-order valence-corrected chi connectivity index (χ4v) is 2.37. The molecule has 0 bridgehead atoms. The van der Waals surface area contributed by atoms with Crippen molar-refractivity contribution in [2.24, 2.45) is 0 Å². The topological polar surface area (TPSA) is 55.8 Å². The van der Waals surface area contributed by atoms with Gasteiger partial charge < -0.3 is 14.6 Å². The van der Waals surface area contributed by atoms with E-state index in [4.69, 9.17) is 4.74 Å². The summed E-state index contributed by atoms with van der Waals surface area (Å²) >= 11 is 3.25. The molecule has 1 N–H and O–H groups in total. The van der Waals surface area contributed by atoms with Crippen LogP contribution in [0.3, 0.4) is 0 Å². The summed E-state index contributed by atoms with van der Waals surface area (Å²) in [6, 6.07) is 11.4. The van der Waals surface area contributed by atoms with Gasteiger partial charge in [0.2, 0.25) is 0 Å². The van der Waals surface area contributed by atoms with Gasteiger partial charge in [0.25, 0.3) is 0 Å². The highest BCUT2D eigenvalue weighted by molar-refractivity contribution is 9.10. The van der Waals surface area contributed by atoms with Crippen molar-refractivity contribution in [3.05, 3.63) is 57.6 Å². The number of esters is 1. The van der Waals surface area contributed by atoms with Crippen LogP contribution in [0.15, 0.2) is 40.9 Å². The van der Waals surface area contributed by atoms with E-state index in [1.54, 1.807) is 13.0 Å². The molecule has 0 saturated heterocycles. The summed E-state index contributed by atoms with van der Waals surface area (Å²) in [5.41, 5.74) is 1.74. The highest BCUT2D eigenvalue weighted by Gasteiger charge is 2.21. The number of phenols is 1. The molecule has 0 aliphatic heterocycles. The SMILES string of the molecule is COC(=O)c1c(C)cc(OCc2ccccc2)c(Br)c1O. The number of phenolic OH excluding ortho intramolecular Hbond substituents is 1. The summed E-state index contributed by atoms with van der Waals surface area (Å²) in [4.78, 5) is 11.7. The van der Waals surface area contributed by atoms with Gasteiger partial charge in [0.1, 0.15) is 28.1 Å². The highest BCUT2D eigenvalue weighted by atomic mass is 79.9. The molecule has 2 rings (SSSR count). The van der Waals surface area contributed by atoms with E-state index in [1.165, 1.54) is 7.11 Å². The van der Waals surface area contributed by atoms with Crippen LogP contribution in [0.4, 0.5) is 0 Å². The number of carbonyl (C=O) groups excluding carboxylic acids is 1.